The Morgan fingerprint density at radius 3 is 3.05 bits per heavy atom. The molecule has 1 aromatic carbocycles. The number of fused-ring (bicyclic) bond motifs is 3. The fraction of sp³-hybridized carbons (Fsp3) is 0.562. The van der Waals surface area contributed by atoms with Crippen molar-refractivity contribution in [2.24, 2.45) is 11.8 Å². The topological polar surface area (TPSA) is 29.1 Å². The minimum absolute atomic E-state index is 0.127. The predicted octanol–water partition coefficient (Wildman–Crippen LogP) is 3.10. The van der Waals surface area contributed by atoms with E-state index >= 15 is 0 Å². The van der Waals surface area contributed by atoms with Crippen LogP contribution in [0.1, 0.15) is 36.8 Å². The third-order valence-corrected chi connectivity index (χ3v) is 4.69. The molecule has 0 saturated heterocycles. The van der Waals surface area contributed by atoms with E-state index in [1.165, 1.54) is 11.1 Å². The molecule has 1 saturated carbocycles. The van der Waals surface area contributed by atoms with Crippen LogP contribution in [0.3, 0.4) is 0 Å². The summed E-state index contributed by atoms with van der Waals surface area (Å²) in [6.07, 6.45) is 3.12. The van der Waals surface area contributed by atoms with Crippen molar-refractivity contribution in [1.82, 2.24) is 5.32 Å². The molecule has 102 valence electrons. The molecular formula is C16H20ClNO. The molecule has 2 nitrogen and oxygen atoms in total. The molecule has 0 aromatic heterocycles. The Hall–Kier alpha value is -1.02. The van der Waals surface area contributed by atoms with Crippen molar-refractivity contribution in [3.8, 4) is 0 Å². The lowest BCUT2D eigenvalue weighted by Crippen LogP contribution is -2.28. The van der Waals surface area contributed by atoms with Gasteiger partial charge in [0, 0.05) is 17.8 Å². The van der Waals surface area contributed by atoms with Crippen molar-refractivity contribution in [3.05, 3.63) is 35.4 Å². The van der Waals surface area contributed by atoms with Crippen LogP contribution in [-0.4, -0.2) is 17.8 Å². The molecule has 2 aliphatic rings. The first-order valence-corrected chi connectivity index (χ1v) is 7.61. The van der Waals surface area contributed by atoms with Gasteiger partial charge >= 0.3 is 0 Å². The van der Waals surface area contributed by atoms with E-state index < -0.39 is 0 Å². The molecule has 1 fully saturated rings. The van der Waals surface area contributed by atoms with Crippen LogP contribution in [0.25, 0.3) is 0 Å². The molecule has 19 heavy (non-hydrogen) atoms. The largest absolute Gasteiger partial charge is 0.356 e. The first-order chi connectivity index (χ1) is 9.18. The number of benzene rings is 1. The third kappa shape index (κ3) is 2.51. The average Bonchev–Trinajstić information content (AvgIpc) is 3.13. The monoisotopic (exact) mass is 277 g/mol. The van der Waals surface area contributed by atoms with Crippen molar-refractivity contribution >= 4 is 17.5 Å². The Labute approximate surface area is 119 Å². The number of halogens is 1. The van der Waals surface area contributed by atoms with Gasteiger partial charge in [-0.25, -0.2) is 0 Å². The van der Waals surface area contributed by atoms with Gasteiger partial charge in [-0.3, -0.25) is 4.79 Å². The van der Waals surface area contributed by atoms with Crippen LogP contribution in [-0.2, 0) is 11.2 Å². The maximum absolute atomic E-state index is 12.2. The Bertz CT molecular complexity index is 485. The summed E-state index contributed by atoms with van der Waals surface area (Å²) >= 11 is 5.89. The van der Waals surface area contributed by atoms with Crippen LogP contribution >= 0.6 is 11.6 Å². The molecule has 0 heterocycles. The molecule has 0 radical (unpaired) electrons. The fourth-order valence-electron chi connectivity index (χ4n) is 3.44. The van der Waals surface area contributed by atoms with Gasteiger partial charge in [-0.05, 0) is 49.1 Å². The molecule has 1 aromatic rings. The predicted molar refractivity (Wildman–Crippen MR) is 77.4 cm³/mol. The highest BCUT2D eigenvalue weighted by Crippen LogP contribution is 2.59. The van der Waals surface area contributed by atoms with Crippen molar-refractivity contribution in [2.45, 2.75) is 37.5 Å². The van der Waals surface area contributed by atoms with Crippen LogP contribution in [0.15, 0.2) is 24.3 Å². The summed E-state index contributed by atoms with van der Waals surface area (Å²) in [6.45, 7) is 2.65. The number of rotatable bonds is 4. The Morgan fingerprint density at radius 1 is 1.47 bits per heavy atom. The Morgan fingerprint density at radius 2 is 2.26 bits per heavy atom. The average molecular weight is 278 g/mol. The van der Waals surface area contributed by atoms with E-state index in [2.05, 4.69) is 29.6 Å². The van der Waals surface area contributed by atoms with E-state index in [1.807, 2.05) is 6.92 Å². The van der Waals surface area contributed by atoms with Gasteiger partial charge in [0.1, 0.15) is 0 Å². The fourth-order valence-corrected chi connectivity index (χ4v) is 3.55. The number of amides is 1. The zero-order valence-electron chi connectivity index (χ0n) is 11.2. The third-order valence-electron chi connectivity index (χ3n) is 4.47. The van der Waals surface area contributed by atoms with E-state index in [-0.39, 0.29) is 17.2 Å². The molecule has 3 heteroatoms. The first-order valence-electron chi connectivity index (χ1n) is 7.18. The van der Waals surface area contributed by atoms with Gasteiger partial charge in [-0.15, -0.1) is 11.6 Å². The minimum atomic E-state index is 0.127. The maximum atomic E-state index is 12.2. The summed E-state index contributed by atoms with van der Waals surface area (Å²) in [5, 5.41) is 3.17. The second-order valence-electron chi connectivity index (χ2n) is 5.81. The van der Waals surface area contributed by atoms with Crippen molar-refractivity contribution in [2.75, 3.05) is 6.54 Å². The first kappa shape index (κ1) is 13.0. The molecule has 1 N–H and O–H groups in total. The van der Waals surface area contributed by atoms with E-state index in [9.17, 15) is 4.79 Å². The van der Waals surface area contributed by atoms with Gasteiger partial charge in [0.15, 0.2) is 0 Å². The van der Waals surface area contributed by atoms with Crippen molar-refractivity contribution in [3.63, 3.8) is 0 Å². The van der Waals surface area contributed by atoms with Gasteiger partial charge in [0.2, 0.25) is 5.91 Å². The van der Waals surface area contributed by atoms with Gasteiger partial charge in [0.05, 0.1) is 0 Å². The minimum Gasteiger partial charge on any atom is -0.356 e. The van der Waals surface area contributed by atoms with Crippen LogP contribution in [0.4, 0.5) is 0 Å². The molecule has 3 rings (SSSR count). The second kappa shape index (κ2) is 5.16. The standard InChI is InChI=1S/C16H20ClNO/c1-10(17)8-9-18-16(19)15-13-7-6-11-4-2-3-5-12(11)14(13)15/h2-5,10,13-15H,6-9H2,1H3,(H,18,19). The molecule has 2 aliphatic carbocycles. The Balaban J connectivity index is 1.62. The summed E-state index contributed by atoms with van der Waals surface area (Å²) in [4.78, 5) is 12.2. The summed E-state index contributed by atoms with van der Waals surface area (Å²) < 4.78 is 0. The lowest BCUT2D eigenvalue weighted by molar-refractivity contribution is -0.122. The highest BCUT2D eigenvalue weighted by molar-refractivity contribution is 6.20. The molecule has 4 atom stereocenters. The number of nitrogens with one attached hydrogen (secondary N) is 1. The normalized spacial score (nSPS) is 29.1. The lowest BCUT2D eigenvalue weighted by atomic mass is 9.92. The zero-order valence-corrected chi connectivity index (χ0v) is 12.0. The van der Waals surface area contributed by atoms with Crippen LogP contribution in [0, 0.1) is 11.8 Å². The number of carbonyl (C=O) groups excluding carboxylic acids is 1. The molecule has 0 spiro atoms. The van der Waals surface area contributed by atoms with Gasteiger partial charge in [0.25, 0.3) is 0 Å². The lowest BCUT2D eigenvalue weighted by Gasteiger charge is -2.13. The molecule has 4 unspecified atom stereocenters. The van der Waals surface area contributed by atoms with E-state index in [4.69, 9.17) is 11.6 Å². The SMILES string of the molecule is CC(Cl)CCNC(=O)C1C2CCc3ccccc3C21. The van der Waals surface area contributed by atoms with Crippen molar-refractivity contribution < 1.29 is 4.79 Å². The number of alkyl halides is 1. The van der Waals surface area contributed by atoms with Crippen molar-refractivity contribution in [1.29, 1.82) is 0 Å². The highest BCUT2D eigenvalue weighted by atomic mass is 35.5. The van der Waals surface area contributed by atoms with E-state index in [0.717, 1.165) is 19.3 Å². The van der Waals surface area contributed by atoms with Crippen LogP contribution in [0.2, 0.25) is 0 Å². The molecular weight excluding hydrogens is 258 g/mol. The quantitative estimate of drug-likeness (QED) is 0.842. The van der Waals surface area contributed by atoms with E-state index in [0.29, 0.717) is 18.4 Å². The van der Waals surface area contributed by atoms with Gasteiger partial charge < -0.3 is 5.32 Å². The number of hydrogen-bond donors (Lipinski definition) is 1. The molecule has 1 amide bonds. The molecule has 0 bridgehead atoms. The van der Waals surface area contributed by atoms with Crippen LogP contribution in [0.5, 0.6) is 0 Å². The maximum Gasteiger partial charge on any atom is 0.224 e. The smallest absolute Gasteiger partial charge is 0.224 e. The Kier molecular flexibility index (Phi) is 3.53. The number of carbonyl (C=O) groups is 1. The highest BCUT2D eigenvalue weighted by Gasteiger charge is 2.56. The van der Waals surface area contributed by atoms with E-state index in [1.54, 1.807) is 0 Å². The van der Waals surface area contributed by atoms with Gasteiger partial charge in [-0.2, -0.15) is 0 Å². The summed E-state index contributed by atoms with van der Waals surface area (Å²) in [5.41, 5.74) is 2.85. The summed E-state index contributed by atoms with van der Waals surface area (Å²) in [7, 11) is 0. The summed E-state index contributed by atoms with van der Waals surface area (Å²) in [6, 6.07) is 8.58. The second-order valence-corrected chi connectivity index (χ2v) is 6.56. The molecule has 0 aliphatic heterocycles. The summed E-state index contributed by atoms with van der Waals surface area (Å²) in [5.74, 6) is 1.47. The van der Waals surface area contributed by atoms with Crippen LogP contribution < -0.4 is 5.32 Å². The number of hydrogen-bond acceptors (Lipinski definition) is 1. The van der Waals surface area contributed by atoms with Gasteiger partial charge in [-0.1, -0.05) is 24.3 Å². The zero-order chi connectivity index (χ0) is 13.4. The number of aryl methyl sites for hydroxylation is 1.